The second-order valence-corrected chi connectivity index (χ2v) is 7.24. The molecule has 9 nitrogen and oxygen atoms in total. The third-order valence-corrected chi connectivity index (χ3v) is 4.87. The van der Waals surface area contributed by atoms with Gasteiger partial charge in [-0.25, -0.2) is 5.48 Å². The molecule has 1 unspecified atom stereocenters. The molecule has 9 heteroatoms. The highest BCUT2D eigenvalue weighted by Crippen LogP contribution is 2.27. The van der Waals surface area contributed by atoms with Crippen LogP contribution in [0.1, 0.15) is 23.2 Å². The number of nitrogens with one attached hydrogen (secondary N) is 3. The lowest BCUT2D eigenvalue weighted by Crippen LogP contribution is -2.55. The zero-order valence-electron chi connectivity index (χ0n) is 16.8. The van der Waals surface area contributed by atoms with E-state index in [4.69, 9.17) is 15.1 Å². The van der Waals surface area contributed by atoms with Crippen LogP contribution in [-0.2, 0) is 9.59 Å². The second-order valence-electron chi connectivity index (χ2n) is 7.24. The van der Waals surface area contributed by atoms with Crippen molar-refractivity contribution in [1.82, 2.24) is 16.1 Å². The first kappa shape index (κ1) is 22.3. The smallest absolute Gasteiger partial charge is 0.275 e. The van der Waals surface area contributed by atoms with Crippen LogP contribution in [0.25, 0.3) is 11.1 Å². The minimum atomic E-state index is -1.54. The molecular weight excluding hydrogens is 402 g/mol. The number of benzene rings is 2. The van der Waals surface area contributed by atoms with E-state index in [1.807, 2.05) is 12.1 Å². The molecule has 1 aliphatic carbocycles. The lowest BCUT2D eigenvalue weighted by molar-refractivity contribution is -0.137. The van der Waals surface area contributed by atoms with E-state index in [2.05, 4.69) is 10.6 Å². The van der Waals surface area contributed by atoms with Crippen LogP contribution in [0.2, 0.25) is 0 Å². The summed E-state index contributed by atoms with van der Waals surface area (Å²) in [5.41, 5.74) is 3.44. The molecule has 2 aromatic rings. The maximum Gasteiger partial charge on any atom is 0.275 e. The Hall–Kier alpha value is -3.43. The molecule has 1 fully saturated rings. The van der Waals surface area contributed by atoms with Crippen molar-refractivity contribution in [3.8, 4) is 16.9 Å². The summed E-state index contributed by atoms with van der Waals surface area (Å²) in [6.07, 6.45) is 2.04. The first-order valence-corrected chi connectivity index (χ1v) is 9.98. The normalized spacial score (nSPS) is 13.7. The van der Waals surface area contributed by atoms with E-state index in [0.29, 0.717) is 18.2 Å². The number of hydroxylamine groups is 1. The van der Waals surface area contributed by atoms with Gasteiger partial charge in [0.1, 0.15) is 12.4 Å². The zero-order valence-corrected chi connectivity index (χ0v) is 16.8. The maximum atomic E-state index is 12.5. The number of amides is 3. The summed E-state index contributed by atoms with van der Waals surface area (Å²) in [7, 11) is 0. The Kier molecular flexibility index (Phi) is 7.58. The SMILES string of the molecule is O=C(NC(C(=O)NO)C(=O)NCC1CC1)c1ccc(-c2ccc(OCCO)cc2)cc1. The summed E-state index contributed by atoms with van der Waals surface area (Å²) in [6.45, 7) is 0.591. The predicted octanol–water partition coefficient (Wildman–Crippen LogP) is 0.855. The topological polar surface area (TPSA) is 137 Å². The van der Waals surface area contributed by atoms with Crippen LogP contribution in [0.15, 0.2) is 48.5 Å². The van der Waals surface area contributed by atoms with Gasteiger partial charge in [0.05, 0.1) is 6.61 Å². The molecule has 0 bridgehead atoms. The summed E-state index contributed by atoms with van der Waals surface area (Å²) in [4.78, 5) is 36.6. The molecule has 0 aromatic heterocycles. The Morgan fingerprint density at radius 3 is 2.13 bits per heavy atom. The van der Waals surface area contributed by atoms with Crippen LogP contribution in [0, 0.1) is 5.92 Å². The number of carbonyl (C=O) groups is 3. The van der Waals surface area contributed by atoms with Crippen molar-refractivity contribution in [2.24, 2.45) is 5.92 Å². The monoisotopic (exact) mass is 427 g/mol. The highest BCUT2D eigenvalue weighted by molar-refractivity contribution is 6.08. The van der Waals surface area contributed by atoms with Crippen LogP contribution in [-0.4, -0.2) is 53.8 Å². The van der Waals surface area contributed by atoms with Gasteiger partial charge >= 0.3 is 0 Å². The average Bonchev–Trinajstić information content (AvgIpc) is 3.64. The third-order valence-electron chi connectivity index (χ3n) is 4.87. The molecule has 3 amide bonds. The largest absolute Gasteiger partial charge is 0.491 e. The third kappa shape index (κ3) is 6.27. The predicted molar refractivity (Wildman–Crippen MR) is 111 cm³/mol. The molecular formula is C22H25N3O6. The Morgan fingerprint density at radius 1 is 0.968 bits per heavy atom. The summed E-state index contributed by atoms with van der Waals surface area (Å²) in [6, 6.07) is 12.4. The van der Waals surface area contributed by atoms with Crippen LogP contribution < -0.4 is 20.9 Å². The van der Waals surface area contributed by atoms with E-state index in [0.717, 1.165) is 24.0 Å². The molecule has 1 atom stereocenters. The van der Waals surface area contributed by atoms with E-state index >= 15 is 0 Å². The Labute approximate surface area is 179 Å². The van der Waals surface area contributed by atoms with Gasteiger partial charge in [-0.1, -0.05) is 24.3 Å². The van der Waals surface area contributed by atoms with Crippen LogP contribution in [0.3, 0.4) is 0 Å². The van der Waals surface area contributed by atoms with E-state index in [1.54, 1.807) is 36.4 Å². The van der Waals surface area contributed by atoms with E-state index in [-0.39, 0.29) is 18.8 Å². The summed E-state index contributed by atoms with van der Waals surface area (Å²) < 4.78 is 5.33. The number of carbonyl (C=O) groups excluding carboxylic acids is 3. The fourth-order valence-corrected chi connectivity index (χ4v) is 2.92. The fourth-order valence-electron chi connectivity index (χ4n) is 2.92. The lowest BCUT2D eigenvalue weighted by Gasteiger charge is -2.16. The van der Waals surface area contributed by atoms with Crippen molar-refractivity contribution >= 4 is 17.7 Å². The van der Waals surface area contributed by atoms with Crippen molar-refractivity contribution in [2.45, 2.75) is 18.9 Å². The maximum absolute atomic E-state index is 12.5. The van der Waals surface area contributed by atoms with E-state index in [1.165, 1.54) is 5.48 Å². The van der Waals surface area contributed by atoms with Gasteiger partial charge in [-0.3, -0.25) is 19.6 Å². The standard InChI is InChI=1S/C22H25N3O6/c26-11-12-31-18-9-7-16(8-10-18)15-3-5-17(6-4-15)20(27)24-19(22(29)25-30)21(28)23-13-14-1-2-14/h3-10,14,19,26,30H,1-2,11-13H2,(H,23,28)(H,24,27)(H,25,29). The number of aliphatic hydroxyl groups is 1. The van der Waals surface area contributed by atoms with Gasteiger partial charge < -0.3 is 20.5 Å². The van der Waals surface area contributed by atoms with Gasteiger partial charge in [0.2, 0.25) is 0 Å². The molecule has 0 radical (unpaired) electrons. The van der Waals surface area contributed by atoms with Crippen LogP contribution in [0.5, 0.6) is 5.75 Å². The summed E-state index contributed by atoms with van der Waals surface area (Å²) in [5.74, 6) is -1.26. The molecule has 0 aliphatic heterocycles. The number of hydrogen-bond acceptors (Lipinski definition) is 6. The van der Waals surface area contributed by atoms with Gasteiger partial charge in [-0.2, -0.15) is 0 Å². The molecule has 3 rings (SSSR count). The van der Waals surface area contributed by atoms with Crippen molar-refractivity contribution in [3.05, 3.63) is 54.1 Å². The molecule has 1 aliphatic rings. The van der Waals surface area contributed by atoms with Gasteiger partial charge in [0.15, 0.2) is 6.04 Å². The molecule has 0 spiro atoms. The highest BCUT2D eigenvalue weighted by atomic mass is 16.5. The van der Waals surface area contributed by atoms with Crippen LogP contribution >= 0.6 is 0 Å². The number of aliphatic hydroxyl groups excluding tert-OH is 1. The first-order chi connectivity index (χ1) is 15.0. The minimum Gasteiger partial charge on any atom is -0.491 e. The van der Waals surface area contributed by atoms with Gasteiger partial charge in [-0.05, 0) is 54.2 Å². The molecule has 31 heavy (non-hydrogen) atoms. The number of rotatable bonds is 10. The number of hydrogen-bond donors (Lipinski definition) is 5. The minimum absolute atomic E-state index is 0.0612. The Bertz CT molecular complexity index is 910. The highest BCUT2D eigenvalue weighted by Gasteiger charge is 2.30. The molecule has 164 valence electrons. The van der Waals surface area contributed by atoms with Crippen molar-refractivity contribution in [1.29, 1.82) is 0 Å². The average molecular weight is 427 g/mol. The van der Waals surface area contributed by atoms with Gasteiger partial charge in [0.25, 0.3) is 17.7 Å². The molecule has 0 heterocycles. The quantitative estimate of drug-likeness (QED) is 0.217. The zero-order chi connectivity index (χ0) is 22.2. The summed E-state index contributed by atoms with van der Waals surface area (Å²) in [5, 5.41) is 22.7. The van der Waals surface area contributed by atoms with Crippen LogP contribution in [0.4, 0.5) is 0 Å². The van der Waals surface area contributed by atoms with Crippen molar-refractivity contribution in [3.63, 3.8) is 0 Å². The first-order valence-electron chi connectivity index (χ1n) is 9.98. The Morgan fingerprint density at radius 2 is 1.58 bits per heavy atom. The van der Waals surface area contributed by atoms with Gasteiger partial charge in [0, 0.05) is 12.1 Å². The molecule has 2 aromatic carbocycles. The van der Waals surface area contributed by atoms with E-state index in [9.17, 15) is 14.4 Å². The Balaban J connectivity index is 1.63. The molecule has 5 N–H and O–H groups in total. The van der Waals surface area contributed by atoms with Crippen molar-refractivity contribution in [2.75, 3.05) is 19.8 Å². The lowest BCUT2D eigenvalue weighted by atomic mass is 10.0. The number of ether oxygens (including phenoxy) is 1. The van der Waals surface area contributed by atoms with E-state index < -0.39 is 23.8 Å². The van der Waals surface area contributed by atoms with Gasteiger partial charge in [-0.15, -0.1) is 0 Å². The fraction of sp³-hybridized carbons (Fsp3) is 0.318. The second kappa shape index (κ2) is 10.6. The van der Waals surface area contributed by atoms with Crippen molar-refractivity contribution < 1.29 is 29.4 Å². The summed E-state index contributed by atoms with van der Waals surface area (Å²) >= 11 is 0. The molecule has 1 saturated carbocycles. The molecule has 0 saturated heterocycles.